The van der Waals surface area contributed by atoms with Crippen molar-refractivity contribution in [1.29, 1.82) is 0 Å². The number of nitrogens with one attached hydrogen (secondary N) is 1. The zero-order valence-electron chi connectivity index (χ0n) is 15.8. The monoisotopic (exact) mass is 427 g/mol. The van der Waals surface area contributed by atoms with Crippen molar-refractivity contribution >= 4 is 43.2 Å². The van der Waals surface area contributed by atoms with E-state index in [0.717, 1.165) is 35.0 Å². The van der Waals surface area contributed by atoms with E-state index in [1.807, 2.05) is 30.3 Å². The lowest BCUT2D eigenvalue weighted by atomic mass is 10.1. The maximum atomic E-state index is 13.1. The van der Waals surface area contributed by atoms with Gasteiger partial charge in [0.25, 0.3) is 0 Å². The fraction of sp³-hybridized carbons (Fsp3) is 0.333. The van der Waals surface area contributed by atoms with E-state index in [1.165, 1.54) is 9.87 Å². The van der Waals surface area contributed by atoms with Crippen molar-refractivity contribution in [3.8, 4) is 0 Å². The standard InChI is InChI=1S/C21H21N3O3S2/c25-21(23-17-5-7-20-19(11-17)22-13-28-20)16-8-9-24(12-16)29(26,27)18-6-4-14-2-1-3-15(14)10-18/h4-7,10-11,13,16H,1-3,8-9,12H2,(H,23,25)/t16-/m1/s1. The van der Waals surface area contributed by atoms with Gasteiger partial charge in [0, 0.05) is 18.8 Å². The molecule has 6 nitrogen and oxygen atoms in total. The first kappa shape index (κ1) is 18.7. The number of anilines is 1. The van der Waals surface area contributed by atoms with Gasteiger partial charge >= 0.3 is 0 Å². The first-order chi connectivity index (χ1) is 14.0. The summed E-state index contributed by atoms with van der Waals surface area (Å²) in [7, 11) is -3.58. The van der Waals surface area contributed by atoms with Crippen molar-refractivity contribution in [2.45, 2.75) is 30.6 Å². The van der Waals surface area contributed by atoms with Crippen LogP contribution in [0.1, 0.15) is 24.0 Å². The Bertz CT molecular complexity index is 1200. The van der Waals surface area contributed by atoms with E-state index in [-0.39, 0.29) is 18.4 Å². The number of rotatable bonds is 4. The smallest absolute Gasteiger partial charge is 0.243 e. The predicted molar refractivity (Wildman–Crippen MR) is 114 cm³/mol. The van der Waals surface area contributed by atoms with Gasteiger partial charge in [-0.05, 0) is 67.1 Å². The molecule has 1 saturated heterocycles. The molecule has 1 aliphatic heterocycles. The van der Waals surface area contributed by atoms with Crippen LogP contribution in [-0.2, 0) is 27.7 Å². The molecule has 0 saturated carbocycles. The summed E-state index contributed by atoms with van der Waals surface area (Å²) >= 11 is 1.55. The predicted octanol–water partition coefficient (Wildman–Crippen LogP) is 3.43. The summed E-state index contributed by atoms with van der Waals surface area (Å²) < 4.78 is 28.6. The molecule has 29 heavy (non-hydrogen) atoms. The van der Waals surface area contributed by atoms with E-state index in [9.17, 15) is 13.2 Å². The van der Waals surface area contributed by atoms with Crippen LogP contribution in [0.4, 0.5) is 5.69 Å². The van der Waals surface area contributed by atoms with E-state index in [0.29, 0.717) is 23.5 Å². The average molecular weight is 428 g/mol. The fourth-order valence-corrected chi connectivity index (χ4v) is 6.41. The largest absolute Gasteiger partial charge is 0.326 e. The summed E-state index contributed by atoms with van der Waals surface area (Å²) in [6.07, 6.45) is 3.56. The molecule has 1 fully saturated rings. The minimum absolute atomic E-state index is 0.147. The highest BCUT2D eigenvalue weighted by Crippen LogP contribution is 2.30. The summed E-state index contributed by atoms with van der Waals surface area (Å²) in [5.41, 5.74) is 5.69. The summed E-state index contributed by atoms with van der Waals surface area (Å²) in [4.78, 5) is 17.3. The summed E-state index contributed by atoms with van der Waals surface area (Å²) in [6.45, 7) is 0.576. The quantitative estimate of drug-likeness (QED) is 0.692. The second kappa shape index (κ2) is 7.19. The summed E-state index contributed by atoms with van der Waals surface area (Å²) in [5, 5.41) is 2.92. The molecule has 1 N–H and O–H groups in total. The van der Waals surface area contributed by atoms with Crippen molar-refractivity contribution in [1.82, 2.24) is 9.29 Å². The van der Waals surface area contributed by atoms with Gasteiger partial charge in [0.15, 0.2) is 0 Å². The Morgan fingerprint density at radius 3 is 2.90 bits per heavy atom. The molecule has 1 aliphatic carbocycles. The number of fused-ring (bicyclic) bond motifs is 2. The van der Waals surface area contributed by atoms with E-state index < -0.39 is 10.0 Å². The highest BCUT2D eigenvalue weighted by atomic mass is 32.2. The Kier molecular flexibility index (Phi) is 4.64. The SMILES string of the molecule is O=C(Nc1ccc2scnc2c1)[C@@H]1CCN(S(=O)(=O)c2ccc3c(c2)CCC3)C1. The third kappa shape index (κ3) is 3.45. The molecule has 2 aromatic carbocycles. The molecule has 0 unspecified atom stereocenters. The van der Waals surface area contributed by atoms with Crippen LogP contribution in [-0.4, -0.2) is 36.7 Å². The fourth-order valence-electron chi connectivity index (χ4n) is 4.20. The minimum atomic E-state index is -3.58. The Balaban J connectivity index is 1.29. The topological polar surface area (TPSA) is 79.4 Å². The lowest BCUT2D eigenvalue weighted by Gasteiger charge is -2.17. The molecule has 0 spiro atoms. The van der Waals surface area contributed by atoms with Gasteiger partial charge in [-0.15, -0.1) is 11.3 Å². The van der Waals surface area contributed by atoms with Crippen molar-refractivity contribution < 1.29 is 13.2 Å². The number of aromatic nitrogens is 1. The number of aryl methyl sites for hydroxylation is 2. The number of thiazole rings is 1. The maximum absolute atomic E-state index is 13.1. The van der Waals surface area contributed by atoms with Crippen LogP contribution in [0.5, 0.6) is 0 Å². The van der Waals surface area contributed by atoms with Crippen LogP contribution >= 0.6 is 11.3 Å². The number of nitrogens with zero attached hydrogens (tertiary/aromatic N) is 2. The van der Waals surface area contributed by atoms with Crippen LogP contribution in [0.15, 0.2) is 46.8 Å². The highest BCUT2D eigenvalue weighted by molar-refractivity contribution is 7.89. The molecule has 2 heterocycles. The van der Waals surface area contributed by atoms with Crippen molar-refractivity contribution in [2.75, 3.05) is 18.4 Å². The van der Waals surface area contributed by atoms with E-state index >= 15 is 0 Å². The zero-order chi connectivity index (χ0) is 20.0. The van der Waals surface area contributed by atoms with Crippen LogP contribution in [0.3, 0.4) is 0 Å². The second-order valence-corrected chi connectivity index (χ2v) is 10.5. The first-order valence-electron chi connectivity index (χ1n) is 9.77. The summed E-state index contributed by atoms with van der Waals surface area (Å²) in [5.74, 6) is -0.503. The van der Waals surface area contributed by atoms with Gasteiger partial charge in [-0.1, -0.05) is 6.07 Å². The Morgan fingerprint density at radius 1 is 1.14 bits per heavy atom. The maximum Gasteiger partial charge on any atom is 0.243 e. The van der Waals surface area contributed by atoms with Crippen molar-refractivity contribution in [3.63, 3.8) is 0 Å². The molecular formula is C21H21N3O3S2. The van der Waals surface area contributed by atoms with Crippen molar-refractivity contribution in [3.05, 3.63) is 53.0 Å². The molecule has 150 valence electrons. The first-order valence-corrected chi connectivity index (χ1v) is 12.1. The molecule has 5 rings (SSSR count). The van der Waals surface area contributed by atoms with Gasteiger partial charge in [-0.2, -0.15) is 4.31 Å². The molecule has 0 radical (unpaired) electrons. The number of hydrogen-bond acceptors (Lipinski definition) is 5. The van der Waals surface area contributed by atoms with Gasteiger partial charge in [-0.3, -0.25) is 4.79 Å². The van der Waals surface area contributed by atoms with Gasteiger partial charge < -0.3 is 5.32 Å². The van der Waals surface area contributed by atoms with E-state index in [2.05, 4.69) is 10.3 Å². The molecule has 2 aliphatic rings. The number of sulfonamides is 1. The molecule has 0 bridgehead atoms. The highest BCUT2D eigenvalue weighted by Gasteiger charge is 2.36. The molecule has 1 aromatic heterocycles. The van der Waals surface area contributed by atoms with Gasteiger partial charge in [0.1, 0.15) is 0 Å². The van der Waals surface area contributed by atoms with E-state index in [4.69, 9.17) is 0 Å². The molecule has 1 amide bonds. The van der Waals surface area contributed by atoms with Gasteiger partial charge in [-0.25, -0.2) is 13.4 Å². The van der Waals surface area contributed by atoms with Crippen LogP contribution in [0, 0.1) is 5.92 Å². The number of hydrogen-bond donors (Lipinski definition) is 1. The van der Waals surface area contributed by atoms with E-state index in [1.54, 1.807) is 22.9 Å². The molecule has 1 atom stereocenters. The molecule has 8 heteroatoms. The van der Waals surface area contributed by atoms with Crippen LogP contribution < -0.4 is 5.32 Å². The third-order valence-corrected chi connectivity index (χ3v) is 8.50. The van der Waals surface area contributed by atoms with Gasteiger partial charge in [0.2, 0.25) is 15.9 Å². The second-order valence-electron chi connectivity index (χ2n) is 7.66. The normalized spacial score (nSPS) is 19.5. The summed E-state index contributed by atoms with van der Waals surface area (Å²) in [6, 6.07) is 11.1. The average Bonchev–Trinajstić information content (AvgIpc) is 3.46. The molecular weight excluding hydrogens is 406 g/mol. The third-order valence-electron chi connectivity index (χ3n) is 5.83. The lowest BCUT2D eigenvalue weighted by Crippen LogP contribution is -2.31. The number of carbonyl (C=O) groups is 1. The number of amides is 1. The zero-order valence-corrected chi connectivity index (χ0v) is 17.4. The number of benzene rings is 2. The lowest BCUT2D eigenvalue weighted by molar-refractivity contribution is -0.119. The Labute approximate surface area is 173 Å². The van der Waals surface area contributed by atoms with Crippen LogP contribution in [0.25, 0.3) is 10.2 Å². The molecule has 3 aromatic rings. The van der Waals surface area contributed by atoms with Crippen LogP contribution in [0.2, 0.25) is 0 Å². The Hall–Kier alpha value is -2.29. The Morgan fingerprint density at radius 2 is 2.00 bits per heavy atom. The van der Waals surface area contributed by atoms with Gasteiger partial charge in [0.05, 0.1) is 26.5 Å². The number of carbonyl (C=O) groups excluding carboxylic acids is 1. The van der Waals surface area contributed by atoms with Crippen molar-refractivity contribution in [2.24, 2.45) is 5.92 Å². The minimum Gasteiger partial charge on any atom is -0.326 e.